The van der Waals surface area contributed by atoms with E-state index >= 15 is 0 Å². The van der Waals surface area contributed by atoms with Crippen LogP contribution in [0.25, 0.3) is 11.4 Å². The summed E-state index contributed by atoms with van der Waals surface area (Å²) in [7, 11) is 1.58. The van der Waals surface area contributed by atoms with Crippen molar-refractivity contribution >= 4 is 17.7 Å². The van der Waals surface area contributed by atoms with Gasteiger partial charge in [-0.05, 0) is 55.5 Å². The first kappa shape index (κ1) is 21.9. The van der Waals surface area contributed by atoms with Crippen molar-refractivity contribution in [2.45, 2.75) is 38.0 Å². The zero-order valence-electron chi connectivity index (χ0n) is 18.0. The summed E-state index contributed by atoms with van der Waals surface area (Å²) in [5, 5.41) is 17.8. The number of carbonyl (C=O) groups excluding carboxylic acids is 1. The molecule has 4 heterocycles. The normalized spacial score (nSPS) is 20.6. The van der Waals surface area contributed by atoms with Crippen LogP contribution in [0, 0.1) is 0 Å². The van der Waals surface area contributed by atoms with Gasteiger partial charge in [0.05, 0.1) is 23.4 Å². The van der Waals surface area contributed by atoms with Crippen LogP contribution in [0.15, 0.2) is 47.7 Å². The van der Waals surface area contributed by atoms with Crippen LogP contribution in [0.5, 0.6) is 5.88 Å². The standard InChI is InChI=1S/C23H27N5O4/c1-31-21-8-6-16(9-11-24-21)19-15-27-28(23(19)30)20-7-5-17(14-26-20)22(29)25-12-10-18-4-2-3-13-32-18/h5-9,11,14-15,18,21,30H,2-4,10,12-13H2,1H3,(H,25,29). The van der Waals surface area contributed by atoms with Crippen molar-refractivity contribution in [3.63, 3.8) is 0 Å². The van der Waals surface area contributed by atoms with E-state index < -0.39 is 0 Å². The van der Waals surface area contributed by atoms with Crippen LogP contribution in [-0.4, -0.2) is 64.6 Å². The van der Waals surface area contributed by atoms with Gasteiger partial charge < -0.3 is 19.9 Å². The molecule has 2 aromatic rings. The second kappa shape index (κ2) is 10.3. The fourth-order valence-corrected chi connectivity index (χ4v) is 3.66. The molecule has 1 saturated heterocycles. The number of aliphatic imine (C=N–C) groups is 1. The Morgan fingerprint density at radius 2 is 2.25 bits per heavy atom. The predicted molar refractivity (Wildman–Crippen MR) is 120 cm³/mol. The van der Waals surface area contributed by atoms with Gasteiger partial charge in [0, 0.05) is 32.7 Å². The van der Waals surface area contributed by atoms with Crippen LogP contribution in [-0.2, 0) is 9.47 Å². The Morgan fingerprint density at radius 1 is 1.34 bits per heavy atom. The maximum Gasteiger partial charge on any atom is 0.252 e. The van der Waals surface area contributed by atoms with Gasteiger partial charge in [-0.3, -0.25) is 9.79 Å². The molecule has 2 atom stereocenters. The molecular weight excluding hydrogens is 410 g/mol. The summed E-state index contributed by atoms with van der Waals surface area (Å²) in [5.74, 6) is 0.163. The van der Waals surface area contributed by atoms with Crippen LogP contribution < -0.4 is 5.32 Å². The molecule has 0 bridgehead atoms. The number of methoxy groups -OCH3 is 1. The third-order valence-corrected chi connectivity index (χ3v) is 5.48. The minimum Gasteiger partial charge on any atom is -0.493 e. The largest absolute Gasteiger partial charge is 0.493 e. The quantitative estimate of drug-likeness (QED) is 0.689. The molecule has 0 aliphatic carbocycles. The van der Waals surface area contributed by atoms with E-state index in [4.69, 9.17) is 9.47 Å². The molecule has 2 N–H and O–H groups in total. The number of allylic oxidation sites excluding steroid dienone is 3. The number of carbonyl (C=O) groups is 1. The van der Waals surface area contributed by atoms with E-state index in [0.717, 1.165) is 31.4 Å². The number of rotatable bonds is 7. The molecule has 2 aromatic heterocycles. The van der Waals surface area contributed by atoms with E-state index in [9.17, 15) is 9.90 Å². The number of hydrogen-bond acceptors (Lipinski definition) is 7. The average molecular weight is 438 g/mol. The first-order chi connectivity index (χ1) is 15.7. The number of pyridine rings is 1. The van der Waals surface area contributed by atoms with E-state index in [1.807, 2.05) is 6.08 Å². The van der Waals surface area contributed by atoms with E-state index in [1.165, 1.54) is 17.3 Å². The SMILES string of the molecule is COC1C=CC(c2cnn(-c3ccc(C(=O)NCCC4CCCCO4)cn3)c2O)=CC=N1. The molecule has 2 aliphatic rings. The minimum atomic E-state index is -0.364. The molecule has 32 heavy (non-hydrogen) atoms. The Labute approximate surface area is 186 Å². The van der Waals surface area contributed by atoms with Crippen molar-refractivity contribution in [1.82, 2.24) is 20.1 Å². The summed E-state index contributed by atoms with van der Waals surface area (Å²) in [4.78, 5) is 20.9. The van der Waals surface area contributed by atoms with Gasteiger partial charge >= 0.3 is 0 Å². The van der Waals surface area contributed by atoms with Crippen molar-refractivity contribution < 1.29 is 19.4 Å². The van der Waals surface area contributed by atoms with Gasteiger partial charge in [-0.25, -0.2) is 4.98 Å². The highest BCUT2D eigenvalue weighted by Crippen LogP contribution is 2.28. The molecule has 0 spiro atoms. The molecule has 2 aliphatic heterocycles. The molecule has 4 rings (SSSR count). The maximum absolute atomic E-state index is 12.4. The van der Waals surface area contributed by atoms with Crippen molar-refractivity contribution in [1.29, 1.82) is 0 Å². The first-order valence-electron chi connectivity index (χ1n) is 10.7. The number of amides is 1. The summed E-state index contributed by atoms with van der Waals surface area (Å²) < 4.78 is 12.2. The summed E-state index contributed by atoms with van der Waals surface area (Å²) in [5.41, 5.74) is 1.73. The molecule has 0 radical (unpaired) electrons. The zero-order chi connectivity index (χ0) is 22.3. The van der Waals surface area contributed by atoms with Gasteiger partial charge in [0.2, 0.25) is 5.88 Å². The molecular formula is C23H27N5O4. The van der Waals surface area contributed by atoms with Crippen LogP contribution in [0.2, 0.25) is 0 Å². The second-order valence-electron chi connectivity index (χ2n) is 7.64. The van der Waals surface area contributed by atoms with Crippen molar-refractivity contribution in [2.24, 2.45) is 4.99 Å². The lowest BCUT2D eigenvalue weighted by molar-refractivity contribution is 0.0117. The smallest absolute Gasteiger partial charge is 0.252 e. The number of hydrogen-bond donors (Lipinski definition) is 2. The van der Waals surface area contributed by atoms with E-state index in [1.54, 1.807) is 43.8 Å². The number of nitrogens with one attached hydrogen (secondary N) is 1. The highest BCUT2D eigenvalue weighted by molar-refractivity contribution is 5.94. The maximum atomic E-state index is 12.4. The van der Waals surface area contributed by atoms with Gasteiger partial charge in [0.25, 0.3) is 5.91 Å². The van der Waals surface area contributed by atoms with Crippen molar-refractivity contribution in [2.75, 3.05) is 20.3 Å². The Kier molecular flexibility index (Phi) is 7.08. The molecule has 168 valence electrons. The van der Waals surface area contributed by atoms with Crippen molar-refractivity contribution in [3.05, 3.63) is 53.9 Å². The molecule has 2 unspecified atom stereocenters. The van der Waals surface area contributed by atoms with Gasteiger partial charge in [-0.1, -0.05) is 6.08 Å². The number of nitrogens with zero attached hydrogens (tertiary/aromatic N) is 4. The highest BCUT2D eigenvalue weighted by atomic mass is 16.5. The fourth-order valence-electron chi connectivity index (χ4n) is 3.66. The Balaban J connectivity index is 1.39. The Hall–Kier alpha value is -3.30. The first-order valence-corrected chi connectivity index (χ1v) is 10.7. The predicted octanol–water partition coefficient (Wildman–Crippen LogP) is 2.66. The van der Waals surface area contributed by atoms with Gasteiger partial charge in [0.1, 0.15) is 0 Å². The van der Waals surface area contributed by atoms with Gasteiger partial charge in [-0.2, -0.15) is 9.78 Å². The van der Waals surface area contributed by atoms with E-state index in [0.29, 0.717) is 23.5 Å². The lowest BCUT2D eigenvalue weighted by Crippen LogP contribution is -2.29. The average Bonchev–Trinajstić information content (AvgIpc) is 3.05. The summed E-state index contributed by atoms with van der Waals surface area (Å²) in [6, 6.07) is 3.31. The van der Waals surface area contributed by atoms with E-state index in [-0.39, 0.29) is 24.1 Å². The lowest BCUT2D eigenvalue weighted by atomic mass is 10.1. The van der Waals surface area contributed by atoms with Crippen LogP contribution in [0.4, 0.5) is 0 Å². The zero-order valence-corrected chi connectivity index (χ0v) is 18.0. The monoisotopic (exact) mass is 437 g/mol. The van der Waals surface area contributed by atoms with Gasteiger partial charge in [-0.15, -0.1) is 0 Å². The number of aromatic hydroxyl groups is 1. The topological polar surface area (TPSA) is 111 Å². The molecule has 9 heteroatoms. The van der Waals surface area contributed by atoms with Crippen LogP contribution in [0.3, 0.4) is 0 Å². The van der Waals surface area contributed by atoms with E-state index in [2.05, 4.69) is 20.4 Å². The van der Waals surface area contributed by atoms with Crippen LogP contribution in [0.1, 0.15) is 41.6 Å². The Morgan fingerprint density at radius 3 is 3.00 bits per heavy atom. The highest BCUT2D eigenvalue weighted by Gasteiger charge is 2.17. The molecule has 9 nitrogen and oxygen atoms in total. The second-order valence-corrected chi connectivity index (χ2v) is 7.64. The molecule has 0 saturated carbocycles. The number of aromatic nitrogens is 3. The fraction of sp³-hybridized carbons (Fsp3) is 0.391. The third kappa shape index (κ3) is 5.12. The Bertz CT molecular complexity index is 1020. The molecule has 1 fully saturated rings. The van der Waals surface area contributed by atoms with Crippen molar-refractivity contribution in [3.8, 4) is 11.7 Å². The summed E-state index contributed by atoms with van der Waals surface area (Å²) >= 11 is 0. The minimum absolute atomic E-state index is 0.0534. The van der Waals surface area contributed by atoms with Gasteiger partial charge in [0.15, 0.2) is 12.0 Å². The lowest BCUT2D eigenvalue weighted by Gasteiger charge is -2.22. The molecule has 1 amide bonds. The summed E-state index contributed by atoms with van der Waals surface area (Å²) in [6.07, 6.45) is 14.1. The van der Waals surface area contributed by atoms with Crippen LogP contribution >= 0.6 is 0 Å². The molecule has 0 aromatic carbocycles. The third-order valence-electron chi connectivity index (χ3n) is 5.48. The number of ether oxygens (including phenoxy) is 2. The summed E-state index contributed by atoms with van der Waals surface area (Å²) in [6.45, 7) is 1.37.